The molecule has 3 aliphatic heterocycles. The molecule has 7 heteroatoms. The van der Waals surface area contributed by atoms with Gasteiger partial charge in [0.25, 0.3) is 0 Å². The zero-order chi connectivity index (χ0) is 20.9. The number of likely N-dealkylation sites (tertiary alicyclic amines) is 1. The molecular weight excluding hydrogens is 446 g/mol. The zero-order valence-electron chi connectivity index (χ0n) is 17.1. The third kappa shape index (κ3) is 3.16. The van der Waals surface area contributed by atoms with Crippen molar-refractivity contribution in [1.82, 2.24) is 9.91 Å². The largest absolute Gasteiger partial charge is 0.497 e. The van der Waals surface area contributed by atoms with Crippen molar-refractivity contribution in [1.29, 1.82) is 0 Å². The lowest BCUT2D eigenvalue weighted by atomic mass is 9.90. The van der Waals surface area contributed by atoms with Crippen LogP contribution in [0.5, 0.6) is 11.5 Å². The smallest absolute Gasteiger partial charge is 0.219 e. The Kier molecular flexibility index (Phi) is 4.73. The van der Waals surface area contributed by atoms with Crippen LogP contribution < -0.4 is 9.47 Å². The molecule has 0 N–H and O–H groups in total. The number of carbonyl (C=O) groups excluding carboxylic acids is 1. The first-order valence-corrected chi connectivity index (χ1v) is 11.0. The zero-order valence-corrected chi connectivity index (χ0v) is 18.7. The summed E-state index contributed by atoms with van der Waals surface area (Å²) in [5.74, 6) is 1.87. The fraction of sp³-hybridized carbons (Fsp3) is 0.391. The minimum atomic E-state index is -0.522. The minimum absolute atomic E-state index is 0.116. The summed E-state index contributed by atoms with van der Waals surface area (Å²) in [4.78, 5) is 13.7. The van der Waals surface area contributed by atoms with Crippen LogP contribution in [0.3, 0.4) is 0 Å². The second-order valence-corrected chi connectivity index (χ2v) is 8.99. The van der Waals surface area contributed by atoms with Gasteiger partial charge in [-0.3, -0.25) is 4.79 Å². The number of halogens is 1. The Labute approximate surface area is 184 Å². The Morgan fingerprint density at radius 3 is 2.60 bits per heavy atom. The van der Waals surface area contributed by atoms with Gasteiger partial charge < -0.3 is 14.4 Å². The van der Waals surface area contributed by atoms with Crippen molar-refractivity contribution >= 4 is 27.5 Å². The lowest BCUT2D eigenvalue weighted by Crippen LogP contribution is -2.59. The molecule has 1 fully saturated rings. The molecule has 1 atom stereocenters. The molecule has 5 rings (SSSR count). The third-order valence-electron chi connectivity index (χ3n) is 6.37. The quantitative estimate of drug-likeness (QED) is 0.656. The van der Waals surface area contributed by atoms with Crippen molar-refractivity contribution in [3.05, 3.63) is 58.1 Å². The van der Waals surface area contributed by atoms with Crippen molar-refractivity contribution in [2.75, 3.05) is 20.2 Å². The van der Waals surface area contributed by atoms with E-state index in [1.165, 1.54) is 0 Å². The number of carbonyl (C=O) groups is 1. The Morgan fingerprint density at radius 2 is 1.93 bits per heavy atom. The van der Waals surface area contributed by atoms with Gasteiger partial charge in [0.2, 0.25) is 11.6 Å². The molecule has 0 aliphatic carbocycles. The van der Waals surface area contributed by atoms with Gasteiger partial charge in [0.05, 0.1) is 18.9 Å². The van der Waals surface area contributed by atoms with Crippen LogP contribution in [0.15, 0.2) is 52.0 Å². The minimum Gasteiger partial charge on any atom is -0.497 e. The SMILES string of the molecule is COc1ccc(C2=NN3[C@H](C2)c2cc(Br)ccc2OC32CCN(C(C)=O)CC2)cc1. The average molecular weight is 470 g/mol. The molecule has 0 bridgehead atoms. The average Bonchev–Trinajstić information content (AvgIpc) is 3.22. The van der Waals surface area contributed by atoms with E-state index in [9.17, 15) is 4.79 Å². The highest BCUT2D eigenvalue weighted by atomic mass is 79.9. The first kappa shape index (κ1) is 19.4. The first-order chi connectivity index (χ1) is 14.5. The second-order valence-electron chi connectivity index (χ2n) is 8.08. The molecule has 0 unspecified atom stereocenters. The van der Waals surface area contributed by atoms with E-state index >= 15 is 0 Å². The van der Waals surface area contributed by atoms with Gasteiger partial charge in [0, 0.05) is 49.3 Å². The van der Waals surface area contributed by atoms with E-state index in [0.29, 0.717) is 13.1 Å². The van der Waals surface area contributed by atoms with Gasteiger partial charge in [-0.05, 0) is 48.0 Å². The summed E-state index contributed by atoms with van der Waals surface area (Å²) in [6.07, 6.45) is 2.28. The molecule has 30 heavy (non-hydrogen) atoms. The van der Waals surface area contributed by atoms with Crippen LogP contribution >= 0.6 is 15.9 Å². The van der Waals surface area contributed by atoms with Crippen LogP contribution in [-0.4, -0.2) is 47.5 Å². The number of methoxy groups -OCH3 is 1. The van der Waals surface area contributed by atoms with Crippen LogP contribution in [0.4, 0.5) is 0 Å². The Balaban J connectivity index is 1.53. The highest BCUT2D eigenvalue weighted by molar-refractivity contribution is 9.10. The van der Waals surface area contributed by atoms with Gasteiger partial charge in [-0.2, -0.15) is 5.10 Å². The lowest BCUT2D eigenvalue weighted by Gasteiger charge is -2.51. The van der Waals surface area contributed by atoms with Gasteiger partial charge in [-0.1, -0.05) is 15.9 Å². The van der Waals surface area contributed by atoms with Crippen LogP contribution in [0.2, 0.25) is 0 Å². The summed E-state index contributed by atoms with van der Waals surface area (Å²) >= 11 is 3.61. The Hall–Kier alpha value is -2.54. The number of rotatable bonds is 2. The monoisotopic (exact) mass is 469 g/mol. The van der Waals surface area contributed by atoms with Gasteiger partial charge >= 0.3 is 0 Å². The van der Waals surface area contributed by atoms with Crippen molar-refractivity contribution in [3.63, 3.8) is 0 Å². The molecule has 1 amide bonds. The fourth-order valence-electron chi connectivity index (χ4n) is 4.71. The molecule has 3 heterocycles. The third-order valence-corrected chi connectivity index (χ3v) is 6.87. The van der Waals surface area contributed by atoms with Gasteiger partial charge in [0.1, 0.15) is 11.5 Å². The predicted molar refractivity (Wildman–Crippen MR) is 118 cm³/mol. The van der Waals surface area contributed by atoms with Crippen LogP contribution in [0.25, 0.3) is 0 Å². The van der Waals surface area contributed by atoms with E-state index in [1.54, 1.807) is 14.0 Å². The molecular formula is C23H24BrN3O3. The maximum absolute atomic E-state index is 11.9. The molecule has 6 nitrogen and oxygen atoms in total. The predicted octanol–water partition coefficient (Wildman–Crippen LogP) is 4.34. The molecule has 156 valence electrons. The van der Waals surface area contributed by atoms with Crippen LogP contribution in [0.1, 0.15) is 43.4 Å². The number of piperidine rings is 1. The Morgan fingerprint density at radius 1 is 1.20 bits per heavy atom. The number of ether oxygens (including phenoxy) is 2. The standard InChI is InChI=1S/C23H24BrN3O3/c1-15(28)26-11-9-23(10-12-26)27-21(19-13-17(24)5-8-22(19)30-23)14-20(25-27)16-3-6-18(29-2)7-4-16/h3-8,13,21H,9-12,14H2,1-2H3/t21-/m1/s1. The number of fused-ring (bicyclic) bond motifs is 4. The first-order valence-electron chi connectivity index (χ1n) is 10.2. The molecule has 2 aromatic rings. The summed E-state index contributed by atoms with van der Waals surface area (Å²) in [5, 5.41) is 7.24. The highest BCUT2D eigenvalue weighted by Crippen LogP contribution is 2.50. The van der Waals surface area contributed by atoms with E-state index in [4.69, 9.17) is 14.6 Å². The Bertz CT molecular complexity index is 1010. The summed E-state index contributed by atoms with van der Waals surface area (Å²) in [6, 6.07) is 14.4. The summed E-state index contributed by atoms with van der Waals surface area (Å²) < 4.78 is 12.9. The van der Waals surface area contributed by atoms with Crippen LogP contribution in [-0.2, 0) is 4.79 Å². The number of hydrogen-bond acceptors (Lipinski definition) is 5. The van der Waals surface area contributed by atoms with E-state index in [-0.39, 0.29) is 11.9 Å². The van der Waals surface area contributed by atoms with Crippen LogP contribution in [0, 0.1) is 0 Å². The van der Waals surface area contributed by atoms with E-state index in [1.807, 2.05) is 29.2 Å². The topological polar surface area (TPSA) is 54.4 Å². The summed E-state index contributed by atoms with van der Waals surface area (Å²) in [6.45, 7) is 2.99. The highest BCUT2D eigenvalue weighted by Gasteiger charge is 2.52. The lowest BCUT2D eigenvalue weighted by molar-refractivity contribution is -0.158. The molecule has 1 saturated heterocycles. The van der Waals surface area contributed by atoms with E-state index < -0.39 is 5.72 Å². The van der Waals surface area contributed by atoms with Crippen molar-refractivity contribution in [2.24, 2.45) is 5.10 Å². The van der Waals surface area contributed by atoms with Gasteiger partial charge in [-0.15, -0.1) is 0 Å². The number of benzene rings is 2. The molecule has 0 aromatic heterocycles. The van der Waals surface area contributed by atoms with E-state index in [2.05, 4.69) is 39.1 Å². The number of nitrogens with zero attached hydrogens (tertiary/aromatic N) is 3. The number of hydrogen-bond donors (Lipinski definition) is 0. The van der Waals surface area contributed by atoms with Crippen molar-refractivity contribution in [2.45, 2.75) is 38.0 Å². The molecule has 3 aliphatic rings. The van der Waals surface area contributed by atoms with Gasteiger partial charge in [0.15, 0.2) is 0 Å². The second kappa shape index (κ2) is 7.30. The summed E-state index contributed by atoms with van der Waals surface area (Å²) in [7, 11) is 1.67. The van der Waals surface area contributed by atoms with Gasteiger partial charge in [-0.25, -0.2) is 5.01 Å². The maximum atomic E-state index is 11.9. The molecule has 0 radical (unpaired) electrons. The number of amides is 1. The molecule has 0 saturated carbocycles. The normalized spacial score (nSPS) is 21.6. The van der Waals surface area contributed by atoms with E-state index in [0.717, 1.165) is 52.1 Å². The maximum Gasteiger partial charge on any atom is 0.219 e. The fourth-order valence-corrected chi connectivity index (χ4v) is 5.09. The molecule has 1 spiro atoms. The number of hydrazone groups is 1. The van der Waals surface area contributed by atoms with Crippen molar-refractivity contribution < 1.29 is 14.3 Å². The summed E-state index contributed by atoms with van der Waals surface area (Å²) in [5.41, 5.74) is 2.77. The van der Waals surface area contributed by atoms with Crippen molar-refractivity contribution in [3.8, 4) is 11.5 Å². The molecule has 2 aromatic carbocycles.